The van der Waals surface area contributed by atoms with Crippen LogP contribution >= 0.6 is 0 Å². The van der Waals surface area contributed by atoms with Crippen LogP contribution in [-0.4, -0.2) is 59.8 Å². The van der Waals surface area contributed by atoms with E-state index < -0.39 is 0 Å². The lowest BCUT2D eigenvalue weighted by atomic mass is 10.1. The Morgan fingerprint density at radius 1 is 0.939 bits per heavy atom. The van der Waals surface area contributed by atoms with E-state index in [4.69, 9.17) is 9.72 Å². The average Bonchev–Trinajstić information content (AvgIpc) is 3.23. The number of amides is 1. The molecule has 4 aromatic rings. The Labute approximate surface area is 193 Å². The van der Waals surface area contributed by atoms with Crippen LogP contribution in [0.15, 0.2) is 78.9 Å². The molecule has 0 aliphatic carbocycles. The van der Waals surface area contributed by atoms with Gasteiger partial charge in [0.2, 0.25) is 0 Å². The molecule has 1 aromatic heterocycles. The van der Waals surface area contributed by atoms with Crippen LogP contribution in [0.2, 0.25) is 0 Å². The Morgan fingerprint density at radius 2 is 1.67 bits per heavy atom. The highest BCUT2D eigenvalue weighted by atomic mass is 16.5. The second kappa shape index (κ2) is 9.98. The van der Waals surface area contributed by atoms with Gasteiger partial charge in [-0.15, -0.1) is 0 Å². The van der Waals surface area contributed by atoms with Crippen LogP contribution < -0.4 is 5.32 Å². The van der Waals surface area contributed by atoms with E-state index in [0.717, 1.165) is 55.3 Å². The Bertz CT molecular complexity index is 1220. The molecule has 6 heteroatoms. The van der Waals surface area contributed by atoms with Crippen LogP contribution in [0.5, 0.6) is 0 Å². The number of imidazole rings is 1. The third-order valence-electron chi connectivity index (χ3n) is 6.04. The molecule has 0 unspecified atom stereocenters. The highest BCUT2D eigenvalue weighted by molar-refractivity contribution is 5.98. The van der Waals surface area contributed by atoms with E-state index in [1.165, 1.54) is 5.56 Å². The highest BCUT2D eigenvalue weighted by Crippen LogP contribution is 2.26. The molecule has 1 saturated heterocycles. The van der Waals surface area contributed by atoms with Crippen molar-refractivity contribution < 1.29 is 9.53 Å². The molecular formula is C27H28N4O2. The summed E-state index contributed by atoms with van der Waals surface area (Å²) in [5, 5.41) is 3.07. The molecule has 3 aromatic carbocycles. The van der Waals surface area contributed by atoms with Gasteiger partial charge in [0.1, 0.15) is 5.82 Å². The van der Waals surface area contributed by atoms with Crippen molar-refractivity contribution in [1.82, 2.24) is 19.8 Å². The van der Waals surface area contributed by atoms with Gasteiger partial charge in [-0.25, -0.2) is 4.98 Å². The fraction of sp³-hybridized carbons (Fsp3) is 0.259. The molecule has 0 bridgehead atoms. The van der Waals surface area contributed by atoms with Crippen molar-refractivity contribution in [3.05, 3.63) is 90.0 Å². The maximum absolute atomic E-state index is 12.9. The molecule has 1 aliphatic rings. The molecule has 0 spiro atoms. The number of nitrogens with zero attached hydrogens (tertiary/aromatic N) is 3. The summed E-state index contributed by atoms with van der Waals surface area (Å²) in [5.74, 6) is 0.846. The van der Waals surface area contributed by atoms with Gasteiger partial charge in [0, 0.05) is 43.9 Å². The van der Waals surface area contributed by atoms with Crippen LogP contribution in [-0.2, 0) is 11.3 Å². The predicted molar refractivity (Wildman–Crippen MR) is 130 cm³/mol. The first-order valence-corrected chi connectivity index (χ1v) is 11.5. The minimum absolute atomic E-state index is 0.0566. The molecule has 1 aliphatic heterocycles. The van der Waals surface area contributed by atoms with Gasteiger partial charge in [-0.2, -0.15) is 0 Å². The third kappa shape index (κ3) is 4.97. The van der Waals surface area contributed by atoms with Gasteiger partial charge < -0.3 is 14.6 Å². The number of fused-ring (bicyclic) bond motifs is 1. The van der Waals surface area contributed by atoms with E-state index in [0.29, 0.717) is 18.7 Å². The van der Waals surface area contributed by atoms with Crippen molar-refractivity contribution in [3.63, 3.8) is 0 Å². The summed E-state index contributed by atoms with van der Waals surface area (Å²) in [6.45, 7) is 5.51. The average molecular weight is 441 g/mol. The topological polar surface area (TPSA) is 59.4 Å². The molecule has 2 heterocycles. The van der Waals surface area contributed by atoms with E-state index in [9.17, 15) is 4.79 Å². The maximum atomic E-state index is 12.9. The zero-order valence-corrected chi connectivity index (χ0v) is 18.6. The number of aromatic nitrogens is 2. The first-order chi connectivity index (χ1) is 16.3. The number of benzene rings is 3. The van der Waals surface area contributed by atoms with E-state index >= 15 is 0 Å². The molecule has 0 radical (unpaired) electrons. The smallest absolute Gasteiger partial charge is 0.251 e. The van der Waals surface area contributed by atoms with Crippen molar-refractivity contribution in [2.24, 2.45) is 0 Å². The summed E-state index contributed by atoms with van der Waals surface area (Å²) in [7, 11) is 0. The summed E-state index contributed by atoms with van der Waals surface area (Å²) < 4.78 is 7.59. The number of rotatable bonds is 7. The molecule has 6 nitrogen and oxygen atoms in total. The van der Waals surface area contributed by atoms with Crippen molar-refractivity contribution in [2.45, 2.75) is 6.54 Å². The fourth-order valence-corrected chi connectivity index (χ4v) is 4.25. The SMILES string of the molecule is O=C(NCCN1CCOCC1)c1ccc2nc(-c3ccccc3)n(Cc3ccccc3)c2c1. The molecule has 1 fully saturated rings. The van der Waals surface area contributed by atoms with Crippen LogP contribution in [0, 0.1) is 0 Å². The first-order valence-electron chi connectivity index (χ1n) is 11.5. The van der Waals surface area contributed by atoms with Gasteiger partial charge in [-0.3, -0.25) is 9.69 Å². The Hall–Kier alpha value is -3.48. The predicted octanol–water partition coefficient (Wildman–Crippen LogP) is 3.81. The number of hydrogen-bond donors (Lipinski definition) is 1. The Kier molecular flexibility index (Phi) is 6.46. The number of carbonyl (C=O) groups is 1. The number of carbonyl (C=O) groups excluding carboxylic acids is 1. The molecule has 168 valence electrons. The summed E-state index contributed by atoms with van der Waals surface area (Å²) >= 11 is 0. The largest absolute Gasteiger partial charge is 0.379 e. The molecule has 0 atom stereocenters. The third-order valence-corrected chi connectivity index (χ3v) is 6.04. The summed E-state index contributed by atoms with van der Waals surface area (Å²) in [4.78, 5) is 20.1. The molecule has 1 N–H and O–H groups in total. The Balaban J connectivity index is 1.42. The number of hydrogen-bond acceptors (Lipinski definition) is 4. The second-order valence-electron chi connectivity index (χ2n) is 8.29. The van der Waals surface area contributed by atoms with Crippen LogP contribution in [0.1, 0.15) is 15.9 Å². The van der Waals surface area contributed by atoms with E-state index in [1.54, 1.807) is 0 Å². The van der Waals surface area contributed by atoms with Gasteiger partial charge in [0.15, 0.2) is 0 Å². The molecular weight excluding hydrogens is 412 g/mol. The van der Waals surface area contributed by atoms with Gasteiger partial charge >= 0.3 is 0 Å². The molecule has 1 amide bonds. The fourth-order valence-electron chi connectivity index (χ4n) is 4.25. The molecule has 5 rings (SSSR count). The number of nitrogens with one attached hydrogen (secondary N) is 1. The minimum Gasteiger partial charge on any atom is -0.379 e. The zero-order chi connectivity index (χ0) is 22.5. The van der Waals surface area contributed by atoms with Gasteiger partial charge in [-0.1, -0.05) is 60.7 Å². The van der Waals surface area contributed by atoms with Gasteiger partial charge in [0.05, 0.1) is 24.2 Å². The summed E-state index contributed by atoms with van der Waals surface area (Å²) in [6.07, 6.45) is 0. The normalized spacial score (nSPS) is 14.4. The second-order valence-corrected chi connectivity index (χ2v) is 8.29. The van der Waals surface area contributed by atoms with Crippen LogP contribution in [0.25, 0.3) is 22.4 Å². The zero-order valence-electron chi connectivity index (χ0n) is 18.6. The summed E-state index contributed by atoms with van der Waals surface area (Å²) in [5.41, 5.74) is 4.74. The molecule has 0 saturated carbocycles. The number of ether oxygens (including phenoxy) is 1. The molecule has 33 heavy (non-hydrogen) atoms. The van der Waals surface area contributed by atoms with Gasteiger partial charge in [0.25, 0.3) is 5.91 Å². The lowest BCUT2D eigenvalue weighted by molar-refractivity contribution is 0.0383. The van der Waals surface area contributed by atoms with Crippen LogP contribution in [0.3, 0.4) is 0 Å². The van der Waals surface area contributed by atoms with Crippen molar-refractivity contribution in [3.8, 4) is 11.4 Å². The quantitative estimate of drug-likeness (QED) is 0.475. The standard InChI is InChI=1S/C27H28N4O2/c32-27(28-13-14-30-15-17-33-18-16-30)23-11-12-24-25(19-23)31(20-21-7-3-1-4-8-21)26(29-24)22-9-5-2-6-10-22/h1-12,19H,13-18,20H2,(H,28,32). The summed E-state index contributed by atoms with van der Waals surface area (Å²) in [6, 6.07) is 26.3. The maximum Gasteiger partial charge on any atom is 0.251 e. The number of morpholine rings is 1. The minimum atomic E-state index is -0.0566. The van der Waals surface area contributed by atoms with Gasteiger partial charge in [-0.05, 0) is 23.8 Å². The van der Waals surface area contributed by atoms with Crippen LogP contribution in [0.4, 0.5) is 0 Å². The first kappa shape index (κ1) is 21.4. The van der Waals surface area contributed by atoms with E-state index in [1.807, 2.05) is 54.6 Å². The van der Waals surface area contributed by atoms with Crippen molar-refractivity contribution >= 4 is 16.9 Å². The van der Waals surface area contributed by atoms with Crippen molar-refractivity contribution in [2.75, 3.05) is 39.4 Å². The van der Waals surface area contributed by atoms with Crippen molar-refractivity contribution in [1.29, 1.82) is 0 Å². The van der Waals surface area contributed by atoms with E-state index in [2.05, 4.69) is 39.0 Å². The van der Waals surface area contributed by atoms with E-state index in [-0.39, 0.29) is 5.91 Å². The lowest BCUT2D eigenvalue weighted by Crippen LogP contribution is -2.41. The monoisotopic (exact) mass is 440 g/mol. The Morgan fingerprint density at radius 3 is 2.42 bits per heavy atom. The lowest BCUT2D eigenvalue weighted by Gasteiger charge is -2.26. The highest BCUT2D eigenvalue weighted by Gasteiger charge is 2.16.